The maximum atomic E-state index is 12.3. The lowest BCUT2D eigenvalue weighted by atomic mass is 10.2. The quantitative estimate of drug-likeness (QED) is 0.440. The number of imide groups is 1. The van der Waals surface area contributed by atoms with Crippen LogP contribution in [0.2, 0.25) is 0 Å². The van der Waals surface area contributed by atoms with Crippen molar-refractivity contribution < 1.29 is 29.1 Å². The number of nitrogens with one attached hydrogen (secondary N) is 2. The number of hydrogen-bond donors (Lipinski definition) is 4. The molecule has 3 N–H and O–H groups in total. The van der Waals surface area contributed by atoms with Crippen LogP contribution in [-0.2, 0) is 19.2 Å². The molecule has 0 aliphatic carbocycles. The van der Waals surface area contributed by atoms with Gasteiger partial charge in [0.25, 0.3) is 5.91 Å². The fraction of sp³-hybridized carbons (Fsp3) is 0.312. The second-order valence-corrected chi connectivity index (χ2v) is 5.99. The van der Waals surface area contributed by atoms with Crippen molar-refractivity contribution in [2.45, 2.75) is 12.2 Å². The minimum atomic E-state index is -1.37. The fourth-order valence-electron chi connectivity index (χ4n) is 1.79. The first kappa shape index (κ1) is 21.2. The van der Waals surface area contributed by atoms with E-state index in [1.165, 1.54) is 19.1 Å². The lowest BCUT2D eigenvalue weighted by Crippen LogP contribution is -2.47. The van der Waals surface area contributed by atoms with Crippen LogP contribution in [0.5, 0.6) is 0 Å². The minimum absolute atomic E-state index is 0.142. The van der Waals surface area contributed by atoms with Gasteiger partial charge in [0.15, 0.2) is 0 Å². The summed E-state index contributed by atoms with van der Waals surface area (Å²) in [5, 5.41) is 12.8. The Hall–Kier alpha value is -2.88. The van der Waals surface area contributed by atoms with Gasteiger partial charge in [0.05, 0.1) is 18.3 Å². The molecule has 4 amide bonds. The van der Waals surface area contributed by atoms with Gasteiger partial charge in [-0.25, -0.2) is 0 Å². The van der Waals surface area contributed by atoms with Crippen LogP contribution in [0.25, 0.3) is 0 Å². The molecule has 0 saturated heterocycles. The highest BCUT2D eigenvalue weighted by Gasteiger charge is 2.25. The van der Waals surface area contributed by atoms with E-state index < -0.39 is 47.9 Å². The van der Waals surface area contributed by atoms with Crippen molar-refractivity contribution in [3.8, 4) is 0 Å². The van der Waals surface area contributed by atoms with Gasteiger partial charge >= 0.3 is 5.97 Å². The number of carbonyl (C=O) groups is 5. The first-order valence-electron chi connectivity index (χ1n) is 7.56. The highest BCUT2D eigenvalue weighted by atomic mass is 32.1. The highest BCUT2D eigenvalue weighted by Crippen LogP contribution is 2.05. The fourth-order valence-corrected chi connectivity index (χ4v) is 1.88. The molecule has 1 aromatic carbocycles. The van der Waals surface area contributed by atoms with Crippen molar-refractivity contribution in [1.29, 1.82) is 0 Å². The summed E-state index contributed by atoms with van der Waals surface area (Å²) in [6, 6.07) is 7.70. The summed E-state index contributed by atoms with van der Waals surface area (Å²) in [4.78, 5) is 58.9. The molecule has 0 spiro atoms. The van der Waals surface area contributed by atoms with Crippen LogP contribution in [0, 0.1) is 0 Å². The Morgan fingerprint density at radius 1 is 1.08 bits per heavy atom. The zero-order valence-corrected chi connectivity index (χ0v) is 14.9. The highest BCUT2D eigenvalue weighted by molar-refractivity contribution is 7.81. The number of thiol groups is 1. The van der Waals surface area contributed by atoms with Gasteiger partial charge in [-0.2, -0.15) is 12.6 Å². The third-order valence-electron chi connectivity index (χ3n) is 3.10. The molecule has 1 aromatic rings. The number of amides is 4. The molecular weight excluding hydrogens is 362 g/mol. The molecule has 0 aromatic heterocycles. The number of aliphatic carboxylic acids is 1. The lowest BCUT2D eigenvalue weighted by molar-refractivity contribution is -0.142. The van der Waals surface area contributed by atoms with E-state index in [0.717, 1.165) is 0 Å². The molecule has 0 fully saturated rings. The average Bonchev–Trinajstić information content (AvgIpc) is 2.61. The maximum absolute atomic E-state index is 12.3. The average molecular weight is 381 g/mol. The second-order valence-electron chi connectivity index (χ2n) is 5.22. The summed E-state index contributed by atoms with van der Waals surface area (Å²) >= 11 is 3.90. The van der Waals surface area contributed by atoms with Crippen LogP contribution in [0.15, 0.2) is 30.3 Å². The number of hydrogen-bond acceptors (Lipinski definition) is 6. The van der Waals surface area contributed by atoms with E-state index in [4.69, 9.17) is 5.11 Å². The Kier molecular flexibility index (Phi) is 8.29. The summed E-state index contributed by atoms with van der Waals surface area (Å²) in [5.41, 5.74) is 0.142. The Morgan fingerprint density at radius 2 is 1.69 bits per heavy atom. The summed E-state index contributed by atoms with van der Waals surface area (Å²) in [5.74, 6) is -4.17. The molecule has 0 unspecified atom stereocenters. The SMILES string of the molecule is C[C@H](S)C(=O)NCC(=O)NCC(=O)N(CC(=O)O)C(=O)c1ccccc1. The van der Waals surface area contributed by atoms with E-state index >= 15 is 0 Å². The summed E-state index contributed by atoms with van der Waals surface area (Å²) in [6.45, 7) is -0.269. The van der Waals surface area contributed by atoms with Gasteiger partial charge in [-0.05, 0) is 19.1 Å². The number of rotatable bonds is 8. The van der Waals surface area contributed by atoms with Crippen molar-refractivity contribution >= 4 is 42.2 Å². The Labute approximate surface area is 155 Å². The van der Waals surface area contributed by atoms with Crippen molar-refractivity contribution in [3.05, 3.63) is 35.9 Å². The van der Waals surface area contributed by atoms with E-state index in [1.807, 2.05) is 0 Å². The van der Waals surface area contributed by atoms with Gasteiger partial charge in [-0.15, -0.1) is 0 Å². The zero-order valence-electron chi connectivity index (χ0n) is 14.0. The number of carbonyl (C=O) groups excluding carboxylic acids is 4. The zero-order chi connectivity index (χ0) is 19.7. The van der Waals surface area contributed by atoms with E-state index in [2.05, 4.69) is 23.3 Å². The third-order valence-corrected chi connectivity index (χ3v) is 3.33. The number of carboxylic acid groups (broad SMARTS) is 1. The minimum Gasteiger partial charge on any atom is -0.480 e. The van der Waals surface area contributed by atoms with Crippen molar-refractivity contribution in [3.63, 3.8) is 0 Å². The number of benzene rings is 1. The van der Waals surface area contributed by atoms with E-state index in [1.54, 1.807) is 18.2 Å². The molecule has 0 aliphatic heterocycles. The van der Waals surface area contributed by atoms with Gasteiger partial charge in [-0.1, -0.05) is 18.2 Å². The van der Waals surface area contributed by atoms with E-state index in [-0.39, 0.29) is 12.1 Å². The predicted octanol–water partition coefficient (Wildman–Crippen LogP) is -0.709. The monoisotopic (exact) mass is 381 g/mol. The summed E-state index contributed by atoms with van der Waals surface area (Å²) in [6.07, 6.45) is 0. The Morgan fingerprint density at radius 3 is 2.23 bits per heavy atom. The van der Waals surface area contributed by atoms with Crippen LogP contribution in [-0.4, -0.2) is 64.5 Å². The number of carboxylic acids is 1. The topological polar surface area (TPSA) is 133 Å². The Balaban J connectivity index is 2.66. The molecule has 0 bridgehead atoms. The molecule has 9 nitrogen and oxygen atoms in total. The molecule has 10 heteroatoms. The molecular formula is C16H19N3O6S. The molecule has 140 valence electrons. The number of nitrogens with zero attached hydrogens (tertiary/aromatic N) is 1. The van der Waals surface area contributed by atoms with Gasteiger partial charge in [0.1, 0.15) is 6.54 Å². The smallest absolute Gasteiger partial charge is 0.323 e. The van der Waals surface area contributed by atoms with Crippen LogP contribution >= 0.6 is 12.6 Å². The van der Waals surface area contributed by atoms with Gasteiger partial charge in [-0.3, -0.25) is 28.9 Å². The lowest BCUT2D eigenvalue weighted by Gasteiger charge is -2.19. The van der Waals surface area contributed by atoms with Crippen LogP contribution in [0.1, 0.15) is 17.3 Å². The molecule has 0 radical (unpaired) electrons. The third kappa shape index (κ3) is 6.93. The summed E-state index contributed by atoms with van der Waals surface area (Å²) in [7, 11) is 0. The van der Waals surface area contributed by atoms with Gasteiger partial charge in [0.2, 0.25) is 17.7 Å². The molecule has 1 atom stereocenters. The van der Waals surface area contributed by atoms with Crippen molar-refractivity contribution in [2.75, 3.05) is 19.6 Å². The predicted molar refractivity (Wildman–Crippen MR) is 94.6 cm³/mol. The largest absolute Gasteiger partial charge is 0.480 e. The maximum Gasteiger partial charge on any atom is 0.323 e. The van der Waals surface area contributed by atoms with Crippen molar-refractivity contribution in [1.82, 2.24) is 15.5 Å². The summed E-state index contributed by atoms with van der Waals surface area (Å²) < 4.78 is 0. The molecule has 0 aliphatic rings. The standard InChI is InChI=1S/C16H19N3O6S/c1-10(26)15(24)18-7-12(20)17-8-13(21)19(9-14(22)23)16(25)11-5-3-2-4-6-11/h2-6,10,26H,7-9H2,1H3,(H,17,20)(H,18,24)(H,22,23)/t10-/m0/s1. The van der Waals surface area contributed by atoms with E-state index in [9.17, 15) is 24.0 Å². The second kappa shape index (κ2) is 10.2. The van der Waals surface area contributed by atoms with Crippen LogP contribution in [0.3, 0.4) is 0 Å². The van der Waals surface area contributed by atoms with Crippen LogP contribution < -0.4 is 10.6 Å². The van der Waals surface area contributed by atoms with Gasteiger partial charge in [0, 0.05) is 5.56 Å². The molecule has 0 saturated carbocycles. The molecule has 26 heavy (non-hydrogen) atoms. The first-order chi connectivity index (χ1) is 12.2. The van der Waals surface area contributed by atoms with Crippen LogP contribution in [0.4, 0.5) is 0 Å². The molecule has 0 heterocycles. The first-order valence-corrected chi connectivity index (χ1v) is 8.08. The Bertz CT molecular complexity index is 692. The van der Waals surface area contributed by atoms with Crippen molar-refractivity contribution in [2.24, 2.45) is 0 Å². The molecule has 1 rings (SSSR count). The van der Waals surface area contributed by atoms with Gasteiger partial charge < -0.3 is 15.7 Å². The normalized spacial score (nSPS) is 11.2. The van der Waals surface area contributed by atoms with E-state index in [0.29, 0.717) is 4.90 Å².